The van der Waals surface area contributed by atoms with E-state index in [1.54, 1.807) is 0 Å². The van der Waals surface area contributed by atoms with Crippen LogP contribution in [-0.2, 0) is 4.79 Å². The molecule has 0 radical (unpaired) electrons. The molecule has 1 aliphatic heterocycles. The Morgan fingerprint density at radius 3 is 2.75 bits per heavy atom. The van der Waals surface area contributed by atoms with Gasteiger partial charge in [-0.25, -0.2) is 0 Å². The molecule has 1 unspecified atom stereocenters. The summed E-state index contributed by atoms with van der Waals surface area (Å²) < 4.78 is 0. The van der Waals surface area contributed by atoms with Crippen LogP contribution < -0.4 is 0 Å². The molecule has 0 aromatic heterocycles. The fraction of sp³-hybridized carbons (Fsp3) is 0.0769. The number of hydrogen-bond acceptors (Lipinski definition) is 3. The molecule has 16 heavy (non-hydrogen) atoms. The lowest BCUT2D eigenvalue weighted by molar-refractivity contribution is -0.106. The van der Waals surface area contributed by atoms with Gasteiger partial charge in [0.2, 0.25) is 0 Å². The van der Waals surface area contributed by atoms with Crippen LogP contribution in [-0.4, -0.2) is 17.3 Å². The summed E-state index contributed by atoms with van der Waals surface area (Å²) in [6.07, 6.45) is 0.724. The third-order valence-electron chi connectivity index (χ3n) is 2.77. The van der Waals surface area contributed by atoms with Crippen molar-refractivity contribution < 1.29 is 9.59 Å². The highest BCUT2D eigenvalue weighted by molar-refractivity contribution is 8.02. The molecule has 2 nitrogen and oxygen atoms in total. The van der Waals surface area contributed by atoms with Gasteiger partial charge in [-0.2, -0.15) is 0 Å². The van der Waals surface area contributed by atoms with Gasteiger partial charge in [0.25, 0.3) is 0 Å². The zero-order valence-corrected chi connectivity index (χ0v) is 9.16. The molecule has 1 aliphatic rings. The van der Waals surface area contributed by atoms with Gasteiger partial charge in [-0.05, 0) is 16.8 Å². The molecule has 0 aliphatic carbocycles. The largest absolute Gasteiger partial charge is 0.302 e. The molecule has 0 N–H and O–H groups in total. The molecule has 2 aromatic rings. The van der Waals surface area contributed by atoms with Crippen LogP contribution in [0.4, 0.5) is 0 Å². The highest BCUT2D eigenvalue weighted by Gasteiger charge is 2.32. The topological polar surface area (TPSA) is 34.1 Å². The third-order valence-corrected chi connectivity index (χ3v) is 3.95. The first-order valence-corrected chi connectivity index (χ1v) is 5.87. The summed E-state index contributed by atoms with van der Waals surface area (Å²) >= 11 is 1.34. The van der Waals surface area contributed by atoms with Crippen molar-refractivity contribution in [3.63, 3.8) is 0 Å². The van der Waals surface area contributed by atoms with Gasteiger partial charge < -0.3 is 4.79 Å². The second kappa shape index (κ2) is 3.46. The first-order chi connectivity index (χ1) is 7.81. The van der Waals surface area contributed by atoms with Crippen molar-refractivity contribution in [2.24, 2.45) is 0 Å². The van der Waals surface area contributed by atoms with Gasteiger partial charge in [0.05, 0.1) is 0 Å². The van der Waals surface area contributed by atoms with Gasteiger partial charge in [-0.1, -0.05) is 30.3 Å². The van der Waals surface area contributed by atoms with Crippen LogP contribution in [0.25, 0.3) is 10.8 Å². The Morgan fingerprint density at radius 1 is 1.12 bits per heavy atom. The number of aldehydes is 1. The normalized spacial score (nSPS) is 18.8. The van der Waals surface area contributed by atoms with Gasteiger partial charge in [-0.3, -0.25) is 4.79 Å². The van der Waals surface area contributed by atoms with Crippen molar-refractivity contribution in [1.29, 1.82) is 0 Å². The molecule has 78 valence electrons. The van der Waals surface area contributed by atoms with E-state index in [0.717, 1.165) is 22.0 Å². The van der Waals surface area contributed by atoms with Gasteiger partial charge in [0.15, 0.2) is 5.78 Å². The molecular formula is C13H8O2S. The Hall–Kier alpha value is -1.61. The molecule has 3 rings (SSSR count). The fourth-order valence-electron chi connectivity index (χ4n) is 2.03. The van der Waals surface area contributed by atoms with Crippen LogP contribution in [0.2, 0.25) is 0 Å². The molecule has 1 atom stereocenters. The van der Waals surface area contributed by atoms with E-state index in [-0.39, 0.29) is 5.78 Å². The van der Waals surface area contributed by atoms with E-state index in [1.165, 1.54) is 11.8 Å². The van der Waals surface area contributed by atoms with Crippen LogP contribution >= 0.6 is 11.8 Å². The van der Waals surface area contributed by atoms with E-state index in [0.29, 0.717) is 5.56 Å². The van der Waals surface area contributed by atoms with Gasteiger partial charge >= 0.3 is 0 Å². The van der Waals surface area contributed by atoms with Gasteiger partial charge in [-0.15, -0.1) is 11.8 Å². The zero-order valence-electron chi connectivity index (χ0n) is 8.34. The average molecular weight is 228 g/mol. The Bertz CT molecular complexity index is 604. The second-order valence-electron chi connectivity index (χ2n) is 3.70. The van der Waals surface area contributed by atoms with Crippen molar-refractivity contribution in [2.75, 3.05) is 0 Å². The van der Waals surface area contributed by atoms with Crippen LogP contribution in [0.3, 0.4) is 0 Å². The molecule has 0 fully saturated rings. The highest BCUT2D eigenvalue weighted by atomic mass is 32.2. The van der Waals surface area contributed by atoms with E-state index in [2.05, 4.69) is 0 Å². The summed E-state index contributed by atoms with van der Waals surface area (Å²) in [5, 5.41) is 1.43. The molecule has 0 spiro atoms. The van der Waals surface area contributed by atoms with Crippen LogP contribution in [0.15, 0.2) is 41.3 Å². The lowest BCUT2D eigenvalue weighted by atomic mass is 10.0. The summed E-state index contributed by atoms with van der Waals surface area (Å²) in [5.41, 5.74) is 0.709. The summed E-state index contributed by atoms with van der Waals surface area (Å²) in [6, 6.07) is 11.7. The maximum absolute atomic E-state index is 12.0. The van der Waals surface area contributed by atoms with E-state index in [1.807, 2.05) is 36.4 Å². The number of hydrogen-bond donors (Lipinski definition) is 0. The molecule has 0 saturated heterocycles. The first-order valence-electron chi connectivity index (χ1n) is 4.99. The minimum atomic E-state index is -0.555. The molecule has 3 heteroatoms. The molecular weight excluding hydrogens is 220 g/mol. The molecule has 0 bridgehead atoms. The number of ketones is 1. The molecule has 0 saturated carbocycles. The number of rotatable bonds is 1. The maximum atomic E-state index is 12.0. The number of benzene rings is 2. The minimum absolute atomic E-state index is 0.0631. The summed E-state index contributed by atoms with van der Waals surface area (Å²) in [5.74, 6) is -0.0631. The summed E-state index contributed by atoms with van der Waals surface area (Å²) in [7, 11) is 0. The minimum Gasteiger partial charge on any atom is -0.302 e. The smallest absolute Gasteiger partial charge is 0.185 e. The van der Waals surface area contributed by atoms with Crippen molar-refractivity contribution in [3.8, 4) is 0 Å². The quantitative estimate of drug-likeness (QED) is 0.556. The van der Waals surface area contributed by atoms with E-state index >= 15 is 0 Å². The van der Waals surface area contributed by atoms with Gasteiger partial charge in [0, 0.05) is 10.5 Å². The number of carbonyl (C=O) groups excluding carboxylic acids is 2. The molecule has 2 aromatic carbocycles. The van der Waals surface area contributed by atoms with E-state index < -0.39 is 5.25 Å². The Labute approximate surface area is 96.6 Å². The monoisotopic (exact) mass is 228 g/mol. The third kappa shape index (κ3) is 1.21. The first kappa shape index (κ1) is 9.60. The van der Waals surface area contributed by atoms with Crippen molar-refractivity contribution in [2.45, 2.75) is 10.1 Å². The predicted octanol–water partition coefficient (Wildman–Crippen LogP) is 2.70. The second-order valence-corrected chi connectivity index (χ2v) is 4.88. The lowest BCUT2D eigenvalue weighted by Gasteiger charge is -2.02. The van der Waals surface area contributed by atoms with Gasteiger partial charge in [0.1, 0.15) is 11.5 Å². The van der Waals surface area contributed by atoms with Crippen LogP contribution in [0, 0.1) is 0 Å². The van der Waals surface area contributed by atoms with Crippen molar-refractivity contribution in [3.05, 3.63) is 42.0 Å². The fourth-order valence-corrected chi connectivity index (χ4v) is 3.06. The Kier molecular flexibility index (Phi) is 2.07. The van der Waals surface area contributed by atoms with Crippen molar-refractivity contribution >= 4 is 34.6 Å². The number of Topliss-reactive ketones (excluding diaryl/α,β-unsaturated/α-hetero) is 1. The number of carbonyl (C=O) groups is 2. The maximum Gasteiger partial charge on any atom is 0.185 e. The standard InChI is InChI=1S/C13H8O2S/c14-7-11-13(15)12-9-4-2-1-3-8(9)5-6-10(12)16-11/h1-7,11H. The lowest BCUT2D eigenvalue weighted by Crippen LogP contribution is -2.12. The Balaban J connectivity index is 2.34. The molecule has 0 amide bonds. The summed E-state index contributed by atoms with van der Waals surface area (Å²) in [4.78, 5) is 23.7. The number of fused-ring (bicyclic) bond motifs is 3. The van der Waals surface area contributed by atoms with Crippen molar-refractivity contribution in [1.82, 2.24) is 0 Å². The SMILES string of the molecule is O=CC1Sc2ccc3ccccc3c2C1=O. The van der Waals surface area contributed by atoms with Crippen LogP contribution in [0.5, 0.6) is 0 Å². The van der Waals surface area contributed by atoms with E-state index in [9.17, 15) is 9.59 Å². The highest BCUT2D eigenvalue weighted by Crippen LogP contribution is 2.39. The Morgan fingerprint density at radius 2 is 1.94 bits per heavy atom. The van der Waals surface area contributed by atoms with Crippen LogP contribution in [0.1, 0.15) is 10.4 Å². The summed E-state index contributed by atoms with van der Waals surface area (Å²) in [6.45, 7) is 0. The average Bonchev–Trinajstić information content (AvgIpc) is 2.66. The predicted molar refractivity (Wildman–Crippen MR) is 64.0 cm³/mol. The zero-order chi connectivity index (χ0) is 11.1. The number of thioether (sulfide) groups is 1. The molecule has 1 heterocycles. The van der Waals surface area contributed by atoms with E-state index in [4.69, 9.17) is 0 Å².